The summed E-state index contributed by atoms with van der Waals surface area (Å²) in [5.41, 5.74) is -0.0951. The molecular formula is C24H36N2O5. The van der Waals surface area contributed by atoms with Crippen LogP contribution in [0.1, 0.15) is 52.0 Å². The van der Waals surface area contributed by atoms with Gasteiger partial charge in [0.15, 0.2) is 0 Å². The summed E-state index contributed by atoms with van der Waals surface area (Å²) in [4.78, 5) is 29.5. The summed E-state index contributed by atoms with van der Waals surface area (Å²) in [7, 11) is 3.42. The smallest absolute Gasteiger partial charge is 0.320 e. The van der Waals surface area contributed by atoms with Crippen molar-refractivity contribution in [3.63, 3.8) is 0 Å². The second-order valence-corrected chi connectivity index (χ2v) is 9.86. The number of likely N-dealkylation sites (tertiary alicyclic amines) is 1. The van der Waals surface area contributed by atoms with Gasteiger partial charge >= 0.3 is 5.97 Å². The number of hydrogen-bond acceptors (Lipinski definition) is 6. The highest BCUT2D eigenvalue weighted by molar-refractivity contribution is 5.89. The fraction of sp³-hybridized carbons (Fsp3) is 0.667. The van der Waals surface area contributed by atoms with Crippen molar-refractivity contribution in [1.29, 1.82) is 0 Å². The summed E-state index contributed by atoms with van der Waals surface area (Å²) < 4.78 is 10.7. The Morgan fingerprint density at radius 2 is 1.77 bits per heavy atom. The van der Waals surface area contributed by atoms with Gasteiger partial charge in [0.25, 0.3) is 0 Å². The van der Waals surface area contributed by atoms with E-state index in [4.69, 9.17) is 9.47 Å². The zero-order valence-electron chi connectivity index (χ0n) is 19.4. The fourth-order valence-corrected chi connectivity index (χ4v) is 4.88. The molecule has 31 heavy (non-hydrogen) atoms. The van der Waals surface area contributed by atoms with Gasteiger partial charge in [-0.25, -0.2) is 0 Å². The summed E-state index contributed by atoms with van der Waals surface area (Å²) in [5, 5.41) is 10.7. The van der Waals surface area contributed by atoms with Crippen molar-refractivity contribution in [3.8, 4) is 5.75 Å². The number of benzene rings is 1. The topological polar surface area (TPSA) is 79.3 Å². The zero-order chi connectivity index (χ0) is 22.8. The molecule has 7 nitrogen and oxygen atoms in total. The number of aliphatic hydroxyl groups is 1. The number of carbonyl (C=O) groups is 2. The lowest BCUT2D eigenvalue weighted by molar-refractivity contribution is -0.156. The second-order valence-electron chi connectivity index (χ2n) is 9.86. The Labute approximate surface area is 185 Å². The third-order valence-corrected chi connectivity index (χ3v) is 6.42. The molecule has 1 unspecified atom stereocenters. The van der Waals surface area contributed by atoms with Gasteiger partial charge < -0.3 is 19.5 Å². The summed E-state index contributed by atoms with van der Waals surface area (Å²) in [6, 6.07) is 7.48. The van der Waals surface area contributed by atoms with Crippen LogP contribution in [0.15, 0.2) is 24.3 Å². The number of aliphatic hydroxyl groups excluding tert-OH is 1. The third-order valence-electron chi connectivity index (χ3n) is 6.42. The van der Waals surface area contributed by atoms with Crippen LogP contribution in [0.2, 0.25) is 0 Å². The average Bonchev–Trinajstić information content (AvgIpc) is 3.34. The number of methoxy groups -OCH3 is 1. The van der Waals surface area contributed by atoms with E-state index in [2.05, 4.69) is 0 Å². The van der Waals surface area contributed by atoms with Crippen molar-refractivity contribution in [1.82, 2.24) is 9.80 Å². The van der Waals surface area contributed by atoms with Crippen LogP contribution in [0, 0.1) is 0 Å². The minimum Gasteiger partial charge on any atom is -0.497 e. The van der Waals surface area contributed by atoms with Crippen LogP contribution in [-0.4, -0.2) is 78.3 Å². The van der Waals surface area contributed by atoms with Gasteiger partial charge in [-0.2, -0.15) is 0 Å². The number of nitrogens with zero attached hydrogens (tertiary/aromatic N) is 2. The SMILES string of the molecule is COc1ccc(C2(C(=O)N3CC(N(C)CC(=O)OC(C)(C)C)[C@H](O)C3)CCCC2)cc1. The highest BCUT2D eigenvalue weighted by atomic mass is 16.6. The molecular weight excluding hydrogens is 396 g/mol. The lowest BCUT2D eigenvalue weighted by Gasteiger charge is -2.33. The van der Waals surface area contributed by atoms with E-state index in [1.54, 1.807) is 24.0 Å². The van der Waals surface area contributed by atoms with Crippen LogP contribution >= 0.6 is 0 Å². The molecule has 2 atom stereocenters. The van der Waals surface area contributed by atoms with Crippen LogP contribution in [0.4, 0.5) is 0 Å². The molecule has 1 aromatic rings. The summed E-state index contributed by atoms with van der Waals surface area (Å²) >= 11 is 0. The molecule has 0 spiro atoms. The van der Waals surface area contributed by atoms with Gasteiger partial charge in [0.1, 0.15) is 11.4 Å². The van der Waals surface area contributed by atoms with Gasteiger partial charge in [-0.1, -0.05) is 25.0 Å². The summed E-state index contributed by atoms with van der Waals surface area (Å²) in [6.45, 7) is 6.24. The predicted molar refractivity (Wildman–Crippen MR) is 118 cm³/mol. The first-order valence-corrected chi connectivity index (χ1v) is 11.1. The van der Waals surface area contributed by atoms with E-state index in [0.717, 1.165) is 37.0 Å². The number of likely N-dealkylation sites (N-methyl/N-ethyl adjacent to an activating group) is 1. The van der Waals surface area contributed by atoms with Crippen molar-refractivity contribution >= 4 is 11.9 Å². The summed E-state index contributed by atoms with van der Waals surface area (Å²) in [5.74, 6) is 0.504. The standard InChI is InChI=1S/C24H36N2O5/c1-23(2,3)31-21(28)16-25(4)19-14-26(15-20(19)27)22(29)24(12-6-7-13-24)17-8-10-18(30-5)11-9-17/h8-11,19-20,27H,6-7,12-16H2,1-5H3/t19?,20-/m1/s1. The zero-order valence-corrected chi connectivity index (χ0v) is 19.4. The third kappa shape index (κ3) is 5.21. The second kappa shape index (κ2) is 9.17. The van der Waals surface area contributed by atoms with E-state index >= 15 is 0 Å². The maximum atomic E-state index is 13.7. The minimum absolute atomic E-state index is 0.0717. The van der Waals surface area contributed by atoms with Gasteiger partial charge in [-0.15, -0.1) is 0 Å². The molecule has 3 rings (SSSR count). The number of ether oxygens (including phenoxy) is 2. The molecule has 1 saturated heterocycles. The van der Waals surface area contributed by atoms with Crippen LogP contribution in [0.3, 0.4) is 0 Å². The van der Waals surface area contributed by atoms with Gasteiger partial charge in [0.05, 0.1) is 31.2 Å². The number of esters is 1. The van der Waals surface area contributed by atoms with Crippen molar-refractivity contribution < 1.29 is 24.2 Å². The lowest BCUT2D eigenvalue weighted by Crippen LogP contribution is -2.47. The van der Waals surface area contributed by atoms with Crippen LogP contribution in [-0.2, 0) is 19.7 Å². The Hall–Kier alpha value is -2.12. The molecule has 2 fully saturated rings. The molecule has 0 radical (unpaired) electrons. The Balaban J connectivity index is 1.71. The normalized spacial score (nSPS) is 23.3. The molecule has 1 heterocycles. The minimum atomic E-state index is -0.703. The largest absolute Gasteiger partial charge is 0.497 e. The molecule has 1 aliphatic carbocycles. The van der Waals surface area contributed by atoms with Crippen molar-refractivity contribution in [2.24, 2.45) is 0 Å². The van der Waals surface area contributed by atoms with E-state index in [1.165, 1.54) is 0 Å². The van der Waals surface area contributed by atoms with E-state index in [1.807, 2.05) is 45.0 Å². The Bertz CT molecular complexity index is 780. The van der Waals surface area contributed by atoms with Gasteiger partial charge in [-0.05, 0) is 58.4 Å². The molecule has 1 N–H and O–H groups in total. The Morgan fingerprint density at radius 1 is 1.16 bits per heavy atom. The highest BCUT2D eigenvalue weighted by Crippen LogP contribution is 2.43. The number of β-amino-alcohol motifs (C(OH)–C–C–N with tert-alkyl or cyclic N) is 1. The van der Waals surface area contributed by atoms with E-state index in [9.17, 15) is 14.7 Å². The van der Waals surface area contributed by atoms with Crippen molar-refractivity contribution in [2.45, 2.75) is 69.6 Å². The predicted octanol–water partition coefficient (Wildman–Crippen LogP) is 2.35. The monoisotopic (exact) mass is 432 g/mol. The fourth-order valence-electron chi connectivity index (χ4n) is 4.88. The first-order valence-electron chi connectivity index (χ1n) is 11.1. The number of hydrogen-bond donors (Lipinski definition) is 1. The average molecular weight is 433 g/mol. The maximum absolute atomic E-state index is 13.7. The number of carbonyl (C=O) groups excluding carboxylic acids is 2. The molecule has 1 aliphatic heterocycles. The van der Waals surface area contributed by atoms with E-state index in [0.29, 0.717) is 6.54 Å². The quantitative estimate of drug-likeness (QED) is 0.696. The molecule has 7 heteroatoms. The molecule has 1 amide bonds. The van der Waals surface area contributed by atoms with E-state index < -0.39 is 17.1 Å². The highest BCUT2D eigenvalue weighted by Gasteiger charge is 2.48. The lowest BCUT2D eigenvalue weighted by atomic mass is 9.77. The molecule has 2 aliphatic rings. The number of amides is 1. The van der Waals surface area contributed by atoms with Gasteiger partial charge in [0.2, 0.25) is 5.91 Å². The van der Waals surface area contributed by atoms with Crippen molar-refractivity contribution in [2.75, 3.05) is 33.8 Å². The number of rotatable bonds is 6. The Kier molecular flexibility index (Phi) is 6.96. The van der Waals surface area contributed by atoms with Gasteiger partial charge in [0, 0.05) is 13.1 Å². The first-order chi connectivity index (χ1) is 14.6. The van der Waals surface area contributed by atoms with Crippen LogP contribution in [0.25, 0.3) is 0 Å². The van der Waals surface area contributed by atoms with E-state index in [-0.39, 0.29) is 31.0 Å². The van der Waals surface area contributed by atoms with Gasteiger partial charge in [-0.3, -0.25) is 14.5 Å². The molecule has 0 bridgehead atoms. The molecule has 0 aromatic heterocycles. The Morgan fingerprint density at radius 3 is 2.32 bits per heavy atom. The molecule has 1 saturated carbocycles. The molecule has 1 aromatic carbocycles. The maximum Gasteiger partial charge on any atom is 0.320 e. The first kappa shape index (κ1) is 23.5. The molecule has 172 valence electrons. The van der Waals surface area contributed by atoms with Crippen LogP contribution in [0.5, 0.6) is 5.75 Å². The van der Waals surface area contributed by atoms with Crippen molar-refractivity contribution in [3.05, 3.63) is 29.8 Å². The summed E-state index contributed by atoms with van der Waals surface area (Å²) in [6.07, 6.45) is 2.93. The van der Waals surface area contributed by atoms with Crippen LogP contribution < -0.4 is 4.74 Å².